The molecule has 0 bridgehead atoms. The van der Waals surface area contributed by atoms with E-state index in [1.54, 1.807) is 0 Å². The summed E-state index contributed by atoms with van der Waals surface area (Å²) in [5.41, 5.74) is 1.21. The molecule has 2 saturated heterocycles. The van der Waals surface area contributed by atoms with Gasteiger partial charge >= 0.3 is 0 Å². The highest BCUT2D eigenvalue weighted by atomic mass is 16.3. The first kappa shape index (κ1) is 13.1. The number of piperidine rings is 1. The van der Waals surface area contributed by atoms with Gasteiger partial charge in [-0.15, -0.1) is 0 Å². The van der Waals surface area contributed by atoms with E-state index in [4.69, 9.17) is 0 Å². The molecule has 3 nitrogen and oxygen atoms in total. The van der Waals surface area contributed by atoms with Crippen molar-refractivity contribution in [2.75, 3.05) is 19.7 Å². The minimum absolute atomic E-state index is 0.0870. The Morgan fingerprint density at radius 2 is 2.05 bits per heavy atom. The van der Waals surface area contributed by atoms with Gasteiger partial charge in [-0.1, -0.05) is 36.8 Å². The zero-order valence-electron chi connectivity index (χ0n) is 11.5. The summed E-state index contributed by atoms with van der Waals surface area (Å²) in [5.74, 6) is 0. The molecule has 0 aliphatic carbocycles. The second-order valence-electron chi connectivity index (χ2n) is 5.95. The normalized spacial score (nSPS) is 31.3. The van der Waals surface area contributed by atoms with Crippen LogP contribution in [0, 0.1) is 0 Å². The molecule has 19 heavy (non-hydrogen) atoms. The molecule has 1 aromatic carbocycles. The number of hydrogen-bond acceptors (Lipinski definition) is 3. The molecule has 2 N–H and O–H groups in total. The van der Waals surface area contributed by atoms with E-state index in [2.05, 4.69) is 34.5 Å². The van der Waals surface area contributed by atoms with Crippen LogP contribution in [-0.2, 0) is 6.54 Å². The molecule has 0 aromatic heterocycles. The Balaban J connectivity index is 1.69. The number of aliphatic hydroxyl groups is 1. The average Bonchev–Trinajstić information content (AvgIpc) is 2.86. The Kier molecular flexibility index (Phi) is 3.87. The molecule has 0 saturated carbocycles. The van der Waals surface area contributed by atoms with Gasteiger partial charge in [0.25, 0.3) is 0 Å². The predicted molar refractivity (Wildman–Crippen MR) is 76.9 cm³/mol. The monoisotopic (exact) mass is 260 g/mol. The summed E-state index contributed by atoms with van der Waals surface area (Å²) in [6, 6.07) is 11.0. The van der Waals surface area contributed by atoms with E-state index in [-0.39, 0.29) is 12.1 Å². The first-order chi connectivity index (χ1) is 9.34. The maximum atomic E-state index is 9.94. The third kappa shape index (κ3) is 2.55. The van der Waals surface area contributed by atoms with E-state index in [0.29, 0.717) is 6.04 Å². The van der Waals surface area contributed by atoms with E-state index >= 15 is 0 Å². The highest BCUT2D eigenvalue weighted by Gasteiger charge is 2.47. The fourth-order valence-electron chi connectivity index (χ4n) is 3.71. The Bertz CT molecular complexity index is 408. The predicted octanol–water partition coefficient (Wildman–Crippen LogP) is 1.77. The summed E-state index contributed by atoms with van der Waals surface area (Å²) in [7, 11) is 0. The summed E-state index contributed by atoms with van der Waals surface area (Å²) in [6.07, 6.45) is 4.91. The van der Waals surface area contributed by atoms with E-state index < -0.39 is 0 Å². The van der Waals surface area contributed by atoms with E-state index in [9.17, 15) is 5.11 Å². The molecule has 0 spiro atoms. The van der Waals surface area contributed by atoms with Crippen LogP contribution in [0.15, 0.2) is 30.3 Å². The van der Waals surface area contributed by atoms with Crippen LogP contribution in [-0.4, -0.2) is 41.3 Å². The minimum atomic E-state index is -0.0870. The van der Waals surface area contributed by atoms with Gasteiger partial charge < -0.3 is 10.4 Å². The van der Waals surface area contributed by atoms with Crippen molar-refractivity contribution in [2.24, 2.45) is 0 Å². The summed E-state index contributed by atoms with van der Waals surface area (Å²) in [6.45, 7) is 3.44. The van der Waals surface area contributed by atoms with Crippen molar-refractivity contribution in [3.05, 3.63) is 35.9 Å². The van der Waals surface area contributed by atoms with E-state index in [1.165, 1.54) is 31.4 Å². The van der Waals surface area contributed by atoms with Crippen LogP contribution < -0.4 is 5.32 Å². The molecule has 2 aliphatic heterocycles. The molecule has 2 fully saturated rings. The lowest BCUT2D eigenvalue weighted by Crippen LogP contribution is -2.58. The summed E-state index contributed by atoms with van der Waals surface area (Å²) in [5, 5.41) is 13.6. The molecule has 2 aliphatic rings. The fraction of sp³-hybridized carbons (Fsp3) is 0.625. The molecule has 1 aromatic rings. The maximum Gasteiger partial charge on any atom is 0.0629 e. The lowest BCUT2D eigenvalue weighted by Gasteiger charge is -2.40. The van der Waals surface area contributed by atoms with Gasteiger partial charge in [-0.2, -0.15) is 0 Å². The number of nitrogens with zero attached hydrogens (tertiary/aromatic N) is 1. The molecule has 0 amide bonds. The number of nitrogens with one attached hydrogen (secondary N) is 1. The third-order valence-corrected chi connectivity index (χ3v) is 4.87. The second-order valence-corrected chi connectivity index (χ2v) is 5.95. The minimum Gasteiger partial charge on any atom is -0.394 e. The van der Waals surface area contributed by atoms with Crippen LogP contribution in [0.3, 0.4) is 0 Å². The number of hydrogen-bond donors (Lipinski definition) is 2. The molecule has 2 atom stereocenters. The van der Waals surface area contributed by atoms with Crippen molar-refractivity contribution in [1.82, 2.24) is 10.2 Å². The van der Waals surface area contributed by atoms with Crippen molar-refractivity contribution in [2.45, 2.75) is 43.8 Å². The van der Waals surface area contributed by atoms with E-state index in [0.717, 1.165) is 19.5 Å². The van der Waals surface area contributed by atoms with Gasteiger partial charge in [0.2, 0.25) is 0 Å². The van der Waals surface area contributed by atoms with Crippen molar-refractivity contribution >= 4 is 0 Å². The second kappa shape index (κ2) is 5.61. The Hall–Kier alpha value is -0.900. The highest BCUT2D eigenvalue weighted by Crippen LogP contribution is 2.35. The standard InChI is InChI=1S/C16H24N2O/c19-13-16(17-12-14-6-2-1-3-7-14)9-11-18-10-5-4-8-15(16)18/h1-3,6-7,15,17,19H,4-5,8-13H2. The SMILES string of the molecule is OCC1(NCc2ccccc2)CCN2CCCCC21. The van der Waals surface area contributed by atoms with E-state index in [1.807, 2.05) is 6.07 Å². The summed E-state index contributed by atoms with van der Waals surface area (Å²) < 4.78 is 0. The topological polar surface area (TPSA) is 35.5 Å². The molecular formula is C16H24N2O. The molecular weight excluding hydrogens is 236 g/mol. The van der Waals surface area contributed by atoms with Crippen LogP contribution in [0.4, 0.5) is 0 Å². The lowest BCUT2D eigenvalue weighted by molar-refractivity contribution is 0.0862. The fourth-order valence-corrected chi connectivity index (χ4v) is 3.71. The van der Waals surface area contributed by atoms with Crippen LogP contribution in [0.2, 0.25) is 0 Å². The van der Waals surface area contributed by atoms with Gasteiger partial charge in [-0.05, 0) is 31.4 Å². The van der Waals surface area contributed by atoms with Gasteiger partial charge in [0.05, 0.1) is 12.1 Å². The van der Waals surface area contributed by atoms with Crippen molar-refractivity contribution in [1.29, 1.82) is 0 Å². The molecule has 104 valence electrons. The first-order valence-electron chi connectivity index (χ1n) is 7.48. The third-order valence-electron chi connectivity index (χ3n) is 4.87. The van der Waals surface area contributed by atoms with Gasteiger partial charge in [0.15, 0.2) is 0 Å². The smallest absolute Gasteiger partial charge is 0.0629 e. The van der Waals surface area contributed by atoms with Crippen LogP contribution in [0.5, 0.6) is 0 Å². The molecule has 3 heteroatoms. The number of fused-ring (bicyclic) bond motifs is 1. The van der Waals surface area contributed by atoms with Crippen molar-refractivity contribution in [3.8, 4) is 0 Å². The number of benzene rings is 1. The summed E-state index contributed by atoms with van der Waals surface area (Å²) >= 11 is 0. The summed E-state index contributed by atoms with van der Waals surface area (Å²) in [4.78, 5) is 2.57. The largest absolute Gasteiger partial charge is 0.394 e. The number of rotatable bonds is 4. The van der Waals surface area contributed by atoms with Gasteiger partial charge in [-0.25, -0.2) is 0 Å². The molecule has 2 unspecified atom stereocenters. The van der Waals surface area contributed by atoms with Crippen molar-refractivity contribution in [3.63, 3.8) is 0 Å². The lowest BCUT2D eigenvalue weighted by atomic mass is 9.86. The van der Waals surface area contributed by atoms with Gasteiger partial charge in [0.1, 0.15) is 0 Å². The van der Waals surface area contributed by atoms with Crippen LogP contribution in [0.25, 0.3) is 0 Å². The van der Waals surface area contributed by atoms with Crippen LogP contribution >= 0.6 is 0 Å². The Morgan fingerprint density at radius 1 is 1.21 bits per heavy atom. The zero-order chi connectivity index (χ0) is 13.1. The van der Waals surface area contributed by atoms with Gasteiger partial charge in [0, 0.05) is 19.1 Å². The number of aliphatic hydroxyl groups excluding tert-OH is 1. The average molecular weight is 260 g/mol. The Morgan fingerprint density at radius 3 is 2.84 bits per heavy atom. The quantitative estimate of drug-likeness (QED) is 0.866. The van der Waals surface area contributed by atoms with Crippen LogP contribution in [0.1, 0.15) is 31.2 Å². The molecule has 0 radical (unpaired) electrons. The van der Waals surface area contributed by atoms with Gasteiger partial charge in [-0.3, -0.25) is 4.90 Å². The first-order valence-corrected chi connectivity index (χ1v) is 7.48. The van der Waals surface area contributed by atoms with Crippen molar-refractivity contribution < 1.29 is 5.11 Å². The highest BCUT2D eigenvalue weighted by molar-refractivity contribution is 5.16. The maximum absolute atomic E-state index is 9.94. The zero-order valence-corrected chi connectivity index (χ0v) is 11.5. The Labute approximate surface area is 115 Å². The molecule has 2 heterocycles. The molecule has 3 rings (SSSR count).